The van der Waals surface area contributed by atoms with E-state index in [9.17, 15) is 9.59 Å². The van der Waals surface area contributed by atoms with Crippen LogP contribution in [-0.2, 0) is 20.5 Å². The van der Waals surface area contributed by atoms with E-state index in [1.165, 1.54) is 5.56 Å². The minimum absolute atomic E-state index is 0.0496. The fourth-order valence-corrected chi connectivity index (χ4v) is 1.95. The molecule has 96 valence electrons. The van der Waals surface area contributed by atoms with Crippen molar-refractivity contribution < 1.29 is 14.3 Å². The van der Waals surface area contributed by atoms with Crippen molar-refractivity contribution in [2.75, 3.05) is 0 Å². The molecule has 0 radical (unpaired) electrons. The van der Waals surface area contributed by atoms with Crippen LogP contribution in [0.25, 0.3) is 0 Å². The van der Waals surface area contributed by atoms with Crippen molar-refractivity contribution >= 4 is 12.0 Å². The van der Waals surface area contributed by atoms with Crippen LogP contribution in [0.15, 0.2) is 24.3 Å². The number of ether oxygens (including phenoxy) is 1. The summed E-state index contributed by atoms with van der Waals surface area (Å²) in [7, 11) is 0. The van der Waals surface area contributed by atoms with Crippen molar-refractivity contribution in [3.05, 3.63) is 35.4 Å². The molecular formula is C14H17NO3. The molecule has 0 aromatic heterocycles. The van der Waals surface area contributed by atoms with E-state index in [1.54, 1.807) is 6.92 Å². The lowest BCUT2D eigenvalue weighted by Gasteiger charge is -2.23. The highest BCUT2D eigenvalue weighted by atomic mass is 16.6. The quantitative estimate of drug-likeness (QED) is 0.829. The molecule has 4 heteroatoms. The third kappa shape index (κ3) is 1.98. The predicted octanol–water partition coefficient (Wildman–Crippen LogP) is 2.47. The average Bonchev–Trinajstić information content (AvgIpc) is 2.53. The van der Waals surface area contributed by atoms with Crippen LogP contribution in [0.5, 0.6) is 0 Å². The first-order chi connectivity index (χ1) is 8.23. The molecule has 1 atom stereocenters. The van der Waals surface area contributed by atoms with Crippen molar-refractivity contribution in [3.63, 3.8) is 0 Å². The Balaban J connectivity index is 2.36. The molecule has 4 nitrogen and oxygen atoms in total. The molecule has 1 aliphatic heterocycles. The van der Waals surface area contributed by atoms with Crippen LogP contribution in [0.2, 0.25) is 0 Å². The summed E-state index contributed by atoms with van der Waals surface area (Å²) in [5.41, 5.74) is 0.681. The molecule has 1 heterocycles. The maximum atomic E-state index is 11.7. The Bertz CT molecular complexity index is 499. The molecule has 2 amide bonds. The van der Waals surface area contributed by atoms with E-state index in [0.29, 0.717) is 5.56 Å². The first kappa shape index (κ1) is 12.6. The lowest BCUT2D eigenvalue weighted by Crippen LogP contribution is -2.33. The molecular weight excluding hydrogens is 230 g/mol. The Hall–Kier alpha value is -1.84. The molecule has 0 bridgehead atoms. The summed E-state index contributed by atoms with van der Waals surface area (Å²) in [6.45, 7) is 7.95. The molecule has 1 aromatic rings. The van der Waals surface area contributed by atoms with Crippen LogP contribution in [0.4, 0.5) is 4.79 Å². The van der Waals surface area contributed by atoms with Crippen molar-refractivity contribution in [1.82, 2.24) is 5.32 Å². The number of amides is 2. The average molecular weight is 247 g/mol. The van der Waals surface area contributed by atoms with Crippen molar-refractivity contribution in [3.8, 4) is 0 Å². The summed E-state index contributed by atoms with van der Waals surface area (Å²) in [4.78, 5) is 22.8. The molecule has 1 saturated heterocycles. The summed E-state index contributed by atoms with van der Waals surface area (Å²) < 4.78 is 5.07. The van der Waals surface area contributed by atoms with E-state index < -0.39 is 17.6 Å². The lowest BCUT2D eigenvalue weighted by molar-refractivity contribution is -0.130. The van der Waals surface area contributed by atoms with Crippen LogP contribution in [-0.4, -0.2) is 12.0 Å². The highest BCUT2D eigenvalue weighted by Gasteiger charge is 2.46. The summed E-state index contributed by atoms with van der Waals surface area (Å²) in [5, 5.41) is 2.15. The summed E-state index contributed by atoms with van der Waals surface area (Å²) >= 11 is 0. The van der Waals surface area contributed by atoms with Gasteiger partial charge < -0.3 is 4.74 Å². The van der Waals surface area contributed by atoms with Crippen LogP contribution in [0.3, 0.4) is 0 Å². The van der Waals surface area contributed by atoms with Gasteiger partial charge in [0, 0.05) is 5.56 Å². The molecule has 2 rings (SSSR count). The second-order valence-electron chi connectivity index (χ2n) is 5.70. The highest BCUT2D eigenvalue weighted by Crippen LogP contribution is 2.31. The fourth-order valence-electron chi connectivity index (χ4n) is 1.95. The number of benzene rings is 1. The SMILES string of the molecule is CC(C)(C)c1ccc(C2(C)OC(=O)NC2=O)cc1. The van der Waals surface area contributed by atoms with Gasteiger partial charge in [0.05, 0.1) is 0 Å². The van der Waals surface area contributed by atoms with E-state index in [1.807, 2.05) is 24.3 Å². The van der Waals surface area contributed by atoms with Gasteiger partial charge in [-0.3, -0.25) is 10.1 Å². The largest absolute Gasteiger partial charge is 0.428 e. The van der Waals surface area contributed by atoms with Crippen LogP contribution in [0, 0.1) is 0 Å². The second-order valence-corrected chi connectivity index (χ2v) is 5.70. The molecule has 1 aromatic carbocycles. The Morgan fingerprint density at radius 1 is 1.11 bits per heavy atom. The van der Waals surface area contributed by atoms with Crippen LogP contribution in [0.1, 0.15) is 38.8 Å². The second kappa shape index (κ2) is 3.83. The molecule has 0 aliphatic carbocycles. The number of cyclic esters (lactones) is 1. The van der Waals surface area contributed by atoms with E-state index >= 15 is 0 Å². The lowest BCUT2D eigenvalue weighted by atomic mass is 9.85. The van der Waals surface area contributed by atoms with Gasteiger partial charge in [0.1, 0.15) is 0 Å². The number of alkyl carbamates (subject to hydrolysis) is 1. The Morgan fingerprint density at radius 2 is 1.67 bits per heavy atom. The molecule has 0 spiro atoms. The molecule has 1 unspecified atom stereocenters. The Morgan fingerprint density at radius 3 is 2.06 bits per heavy atom. The van der Waals surface area contributed by atoms with E-state index in [2.05, 4.69) is 26.1 Å². The number of hydrogen-bond acceptors (Lipinski definition) is 3. The van der Waals surface area contributed by atoms with Crippen molar-refractivity contribution in [1.29, 1.82) is 0 Å². The topological polar surface area (TPSA) is 55.4 Å². The van der Waals surface area contributed by atoms with E-state index in [-0.39, 0.29) is 5.41 Å². The number of hydrogen-bond donors (Lipinski definition) is 1. The van der Waals surface area contributed by atoms with Crippen molar-refractivity contribution in [2.45, 2.75) is 38.7 Å². The highest BCUT2D eigenvalue weighted by molar-refractivity contribution is 6.03. The molecule has 1 aliphatic rings. The summed E-state index contributed by atoms with van der Waals surface area (Å²) in [6.07, 6.45) is -0.692. The number of nitrogens with one attached hydrogen (secondary N) is 1. The van der Waals surface area contributed by atoms with Gasteiger partial charge in [0.2, 0.25) is 5.60 Å². The third-order valence-corrected chi connectivity index (χ3v) is 3.25. The van der Waals surface area contributed by atoms with Gasteiger partial charge in [0.15, 0.2) is 0 Å². The maximum Gasteiger partial charge on any atom is 0.415 e. The molecule has 1 fully saturated rings. The zero-order valence-electron chi connectivity index (χ0n) is 11.0. The van der Waals surface area contributed by atoms with Crippen LogP contribution >= 0.6 is 0 Å². The first-order valence-corrected chi connectivity index (χ1v) is 5.89. The van der Waals surface area contributed by atoms with Gasteiger partial charge >= 0.3 is 6.09 Å². The van der Waals surface area contributed by atoms with Gasteiger partial charge in [-0.25, -0.2) is 4.79 Å². The zero-order valence-corrected chi connectivity index (χ0v) is 11.0. The zero-order chi connectivity index (χ0) is 13.6. The van der Waals surface area contributed by atoms with Gasteiger partial charge in [0.25, 0.3) is 5.91 Å². The fraction of sp³-hybridized carbons (Fsp3) is 0.429. The summed E-state index contributed by atoms with van der Waals surface area (Å²) in [5.74, 6) is -0.420. The predicted molar refractivity (Wildman–Crippen MR) is 67.1 cm³/mol. The van der Waals surface area contributed by atoms with Gasteiger partial charge in [-0.15, -0.1) is 0 Å². The number of carbonyl (C=O) groups excluding carboxylic acids is 2. The monoisotopic (exact) mass is 247 g/mol. The van der Waals surface area contributed by atoms with Gasteiger partial charge in [-0.1, -0.05) is 45.0 Å². The minimum atomic E-state index is -1.21. The summed E-state index contributed by atoms with van der Waals surface area (Å²) in [6, 6.07) is 7.58. The number of imide groups is 1. The molecule has 0 saturated carbocycles. The smallest absolute Gasteiger partial charge is 0.415 e. The Labute approximate surface area is 106 Å². The molecule has 18 heavy (non-hydrogen) atoms. The van der Waals surface area contributed by atoms with E-state index in [4.69, 9.17) is 4.74 Å². The van der Waals surface area contributed by atoms with E-state index in [0.717, 1.165) is 0 Å². The van der Waals surface area contributed by atoms with Crippen molar-refractivity contribution in [2.24, 2.45) is 0 Å². The number of carbonyl (C=O) groups is 2. The van der Waals surface area contributed by atoms with Gasteiger partial charge in [-0.2, -0.15) is 0 Å². The van der Waals surface area contributed by atoms with Crippen LogP contribution < -0.4 is 5.32 Å². The Kier molecular flexibility index (Phi) is 2.69. The third-order valence-electron chi connectivity index (χ3n) is 3.25. The minimum Gasteiger partial charge on any atom is -0.428 e. The number of rotatable bonds is 1. The standard InChI is InChI=1S/C14H17NO3/c1-13(2,3)9-5-7-10(8-6-9)14(4)11(16)15-12(17)18-14/h5-8H,1-4H3,(H,15,16,17). The van der Waals surface area contributed by atoms with Gasteiger partial charge in [-0.05, 0) is 17.9 Å². The first-order valence-electron chi connectivity index (χ1n) is 5.89. The maximum absolute atomic E-state index is 11.7. The molecule has 1 N–H and O–H groups in total. The normalized spacial score (nSPS) is 23.8.